The summed E-state index contributed by atoms with van der Waals surface area (Å²) in [6.07, 6.45) is 10.8. The molecule has 33 heavy (non-hydrogen) atoms. The van der Waals surface area contributed by atoms with Crippen molar-refractivity contribution in [3.05, 3.63) is 34.6 Å². The molecule has 1 aliphatic heterocycles. The predicted molar refractivity (Wildman–Crippen MR) is 121 cm³/mol. The van der Waals surface area contributed by atoms with E-state index in [4.69, 9.17) is 0 Å². The number of unbranched alkanes of at least 4 members (excludes halogenated alkanes) is 9. The average molecular weight is 500 g/mol. The van der Waals surface area contributed by atoms with Crippen LogP contribution in [0.15, 0.2) is 0 Å². The lowest BCUT2D eigenvalue weighted by atomic mass is 10.1. The molecule has 0 aromatic heterocycles. The van der Waals surface area contributed by atoms with Gasteiger partial charge in [-0.05, 0) is 19.4 Å². The minimum Gasteiger partial charge on any atom is -0.352 e. The summed E-state index contributed by atoms with van der Waals surface area (Å²) in [5.41, 5.74) is -1.44. The minimum atomic E-state index is -2.27. The SMILES string of the molecule is Cl.O=C(NCCCCCCCCCCCCN1CCNCC1)c1c(F)c(F)c(F)c(F)c1F. The highest BCUT2D eigenvalue weighted by Crippen LogP contribution is 2.23. The first-order valence-corrected chi connectivity index (χ1v) is 11.7. The highest BCUT2D eigenvalue weighted by atomic mass is 35.5. The first-order valence-electron chi connectivity index (χ1n) is 11.7. The van der Waals surface area contributed by atoms with Gasteiger partial charge in [-0.1, -0.05) is 51.4 Å². The lowest BCUT2D eigenvalue weighted by Crippen LogP contribution is -2.43. The minimum absolute atomic E-state index is 0. The molecule has 0 spiro atoms. The summed E-state index contributed by atoms with van der Waals surface area (Å²) in [7, 11) is 0. The standard InChI is InChI=1S/C23H34F5N3O.ClH/c24-18-17(19(25)21(27)22(28)20(18)26)23(32)30-11-9-7-5-3-1-2-4-6-8-10-14-31-15-12-29-13-16-31;/h29H,1-16H2,(H,30,32);1H. The van der Waals surface area contributed by atoms with Crippen molar-refractivity contribution in [2.45, 2.75) is 64.2 Å². The number of rotatable bonds is 14. The van der Waals surface area contributed by atoms with Crippen LogP contribution in [0.1, 0.15) is 74.6 Å². The Morgan fingerprint density at radius 1 is 0.697 bits per heavy atom. The second kappa shape index (κ2) is 16.2. The van der Waals surface area contributed by atoms with Crippen LogP contribution in [0, 0.1) is 29.1 Å². The molecule has 0 unspecified atom stereocenters. The predicted octanol–water partition coefficient (Wildman–Crippen LogP) is 5.34. The molecule has 1 aromatic rings. The number of benzene rings is 1. The van der Waals surface area contributed by atoms with E-state index >= 15 is 0 Å². The Labute approximate surface area is 199 Å². The number of carbonyl (C=O) groups is 1. The summed E-state index contributed by atoms with van der Waals surface area (Å²) >= 11 is 0. The van der Waals surface area contributed by atoms with Gasteiger partial charge in [0.15, 0.2) is 23.3 Å². The zero-order valence-electron chi connectivity index (χ0n) is 19.0. The van der Waals surface area contributed by atoms with Gasteiger partial charge in [-0.25, -0.2) is 22.0 Å². The largest absolute Gasteiger partial charge is 0.352 e. The molecule has 1 aliphatic rings. The molecule has 2 rings (SSSR count). The molecule has 1 fully saturated rings. The number of hydrogen-bond acceptors (Lipinski definition) is 3. The Morgan fingerprint density at radius 2 is 1.12 bits per heavy atom. The highest BCUT2D eigenvalue weighted by molar-refractivity contribution is 5.94. The van der Waals surface area contributed by atoms with E-state index in [0.717, 1.165) is 51.9 Å². The Kier molecular flexibility index (Phi) is 14.5. The van der Waals surface area contributed by atoms with Crippen molar-refractivity contribution in [3.63, 3.8) is 0 Å². The van der Waals surface area contributed by atoms with E-state index in [2.05, 4.69) is 15.5 Å². The molecule has 1 heterocycles. The van der Waals surface area contributed by atoms with Crippen molar-refractivity contribution >= 4 is 18.3 Å². The summed E-state index contributed by atoms with van der Waals surface area (Å²) in [5, 5.41) is 5.59. The van der Waals surface area contributed by atoms with Gasteiger partial charge in [0.25, 0.3) is 5.91 Å². The van der Waals surface area contributed by atoms with E-state index in [1.165, 1.54) is 38.6 Å². The van der Waals surface area contributed by atoms with Crippen LogP contribution in [-0.2, 0) is 0 Å². The van der Waals surface area contributed by atoms with Crippen LogP contribution in [0.2, 0.25) is 0 Å². The van der Waals surface area contributed by atoms with E-state index in [-0.39, 0.29) is 19.0 Å². The van der Waals surface area contributed by atoms with Crippen LogP contribution < -0.4 is 10.6 Å². The van der Waals surface area contributed by atoms with Crippen molar-refractivity contribution < 1.29 is 26.7 Å². The van der Waals surface area contributed by atoms with E-state index < -0.39 is 40.6 Å². The monoisotopic (exact) mass is 499 g/mol. The van der Waals surface area contributed by atoms with Gasteiger partial charge < -0.3 is 15.5 Å². The van der Waals surface area contributed by atoms with Crippen molar-refractivity contribution in [2.24, 2.45) is 0 Å². The van der Waals surface area contributed by atoms with Gasteiger partial charge in [0.05, 0.1) is 0 Å². The summed E-state index contributed by atoms with van der Waals surface area (Å²) in [6.45, 7) is 5.81. The first-order chi connectivity index (χ1) is 15.4. The maximum Gasteiger partial charge on any atom is 0.257 e. The number of hydrogen-bond donors (Lipinski definition) is 2. The van der Waals surface area contributed by atoms with Gasteiger partial charge in [0.2, 0.25) is 5.82 Å². The molecule has 0 saturated carbocycles. The quantitative estimate of drug-likeness (QED) is 0.157. The van der Waals surface area contributed by atoms with Gasteiger partial charge in [-0.3, -0.25) is 4.79 Å². The summed E-state index contributed by atoms with van der Waals surface area (Å²) in [4.78, 5) is 14.3. The second-order valence-corrected chi connectivity index (χ2v) is 8.33. The number of piperazine rings is 1. The molecule has 1 aromatic carbocycles. The van der Waals surface area contributed by atoms with Crippen LogP contribution in [0.5, 0.6) is 0 Å². The van der Waals surface area contributed by atoms with E-state index in [0.29, 0.717) is 6.42 Å². The number of nitrogens with one attached hydrogen (secondary N) is 2. The fourth-order valence-corrected chi connectivity index (χ4v) is 3.90. The topological polar surface area (TPSA) is 44.4 Å². The third-order valence-corrected chi connectivity index (χ3v) is 5.83. The van der Waals surface area contributed by atoms with Crippen LogP contribution >= 0.6 is 12.4 Å². The molecule has 1 saturated heterocycles. The fourth-order valence-electron chi connectivity index (χ4n) is 3.90. The average Bonchev–Trinajstić information content (AvgIpc) is 2.80. The van der Waals surface area contributed by atoms with Crippen LogP contribution in [0.3, 0.4) is 0 Å². The Hall–Kier alpha value is -1.45. The van der Waals surface area contributed by atoms with Gasteiger partial charge in [0.1, 0.15) is 5.56 Å². The molecule has 0 atom stereocenters. The van der Waals surface area contributed by atoms with Crippen molar-refractivity contribution in [1.29, 1.82) is 0 Å². The van der Waals surface area contributed by atoms with E-state index in [1.807, 2.05) is 0 Å². The van der Waals surface area contributed by atoms with Crippen molar-refractivity contribution in [2.75, 3.05) is 39.3 Å². The Balaban J connectivity index is 0.00000544. The van der Waals surface area contributed by atoms with Gasteiger partial charge in [0, 0.05) is 32.7 Å². The molecule has 2 N–H and O–H groups in total. The van der Waals surface area contributed by atoms with E-state index in [9.17, 15) is 26.7 Å². The second-order valence-electron chi connectivity index (χ2n) is 8.33. The molecule has 0 bridgehead atoms. The highest BCUT2D eigenvalue weighted by Gasteiger charge is 2.29. The van der Waals surface area contributed by atoms with E-state index in [1.54, 1.807) is 0 Å². The van der Waals surface area contributed by atoms with Gasteiger partial charge in [-0.15, -0.1) is 12.4 Å². The fraction of sp³-hybridized carbons (Fsp3) is 0.696. The van der Waals surface area contributed by atoms with Crippen molar-refractivity contribution in [1.82, 2.24) is 15.5 Å². The number of carbonyl (C=O) groups excluding carboxylic acids is 1. The van der Waals surface area contributed by atoms with Crippen LogP contribution in [-0.4, -0.2) is 50.1 Å². The number of halogens is 6. The smallest absolute Gasteiger partial charge is 0.257 e. The maximum atomic E-state index is 13.6. The molecule has 190 valence electrons. The third kappa shape index (κ3) is 9.74. The van der Waals surface area contributed by atoms with Crippen molar-refractivity contribution in [3.8, 4) is 0 Å². The molecule has 10 heteroatoms. The third-order valence-electron chi connectivity index (χ3n) is 5.83. The normalized spacial score (nSPS) is 14.2. The Bertz CT molecular complexity index is 704. The van der Waals surface area contributed by atoms with Gasteiger partial charge in [-0.2, -0.15) is 0 Å². The molecular formula is C23H35ClF5N3O. The number of amides is 1. The molecule has 0 radical (unpaired) electrons. The van der Waals surface area contributed by atoms with Crippen LogP contribution in [0.25, 0.3) is 0 Å². The molecule has 0 aliphatic carbocycles. The maximum absolute atomic E-state index is 13.6. The molecular weight excluding hydrogens is 465 g/mol. The Morgan fingerprint density at radius 3 is 1.64 bits per heavy atom. The first kappa shape index (κ1) is 29.6. The lowest BCUT2D eigenvalue weighted by Gasteiger charge is -2.27. The zero-order chi connectivity index (χ0) is 23.3. The zero-order valence-corrected chi connectivity index (χ0v) is 19.8. The summed E-state index contributed by atoms with van der Waals surface area (Å²) in [5.74, 6) is -12.0. The summed E-state index contributed by atoms with van der Waals surface area (Å²) in [6, 6.07) is 0. The van der Waals surface area contributed by atoms with Gasteiger partial charge >= 0.3 is 0 Å². The molecule has 4 nitrogen and oxygen atoms in total. The summed E-state index contributed by atoms with van der Waals surface area (Å²) < 4.78 is 66.6. The number of nitrogens with zero attached hydrogens (tertiary/aromatic N) is 1. The van der Waals surface area contributed by atoms with Crippen LogP contribution in [0.4, 0.5) is 22.0 Å². The lowest BCUT2D eigenvalue weighted by molar-refractivity contribution is 0.0941. The molecule has 1 amide bonds.